The first kappa shape index (κ1) is 34.7. The van der Waals surface area contributed by atoms with Crippen LogP contribution in [0.3, 0.4) is 0 Å². The second kappa shape index (κ2) is 15.1. The number of nitrogens with one attached hydrogen (secondary N) is 1. The minimum atomic E-state index is -4.92. The SMILES string of the molecule is Nc1ccc2c(c1)Sc1cc(N)ccc1N2.Nc1ccc2nc3ccc(=[NH2+])cc-3sc2c1.O=S(=O)([O-])O.O=S([O-])[O-].[Cl-]. The summed E-state index contributed by atoms with van der Waals surface area (Å²) in [4.78, 5) is 7.92. The van der Waals surface area contributed by atoms with Crippen LogP contribution in [0, 0.1) is 0 Å². The van der Waals surface area contributed by atoms with Gasteiger partial charge in [-0.25, -0.2) is 13.4 Å². The molecule has 0 radical (unpaired) electrons. The number of benzene rings is 4. The van der Waals surface area contributed by atoms with Crippen molar-refractivity contribution in [1.29, 1.82) is 0 Å². The molecular weight excluding hydrogens is 648 g/mol. The van der Waals surface area contributed by atoms with Gasteiger partial charge < -0.3 is 48.6 Å². The molecule has 18 heteroatoms. The topological polar surface area (TPSA) is 269 Å². The molecule has 0 amide bonds. The van der Waals surface area contributed by atoms with Crippen LogP contribution in [0.25, 0.3) is 20.8 Å². The Balaban J connectivity index is 0.000000225. The molecule has 42 heavy (non-hydrogen) atoms. The van der Waals surface area contributed by atoms with E-state index in [1.165, 1.54) is 0 Å². The summed E-state index contributed by atoms with van der Waals surface area (Å²) < 4.78 is 59.2. The molecule has 0 aromatic heterocycles. The molecule has 0 spiro atoms. The fourth-order valence-electron chi connectivity index (χ4n) is 3.37. The van der Waals surface area contributed by atoms with Gasteiger partial charge in [0.15, 0.2) is 5.36 Å². The van der Waals surface area contributed by atoms with Crippen molar-refractivity contribution < 1.29 is 48.7 Å². The highest BCUT2D eigenvalue weighted by atomic mass is 35.5. The summed E-state index contributed by atoms with van der Waals surface area (Å²) in [7, 11) is -4.92. The largest absolute Gasteiger partial charge is 1.00 e. The summed E-state index contributed by atoms with van der Waals surface area (Å²) in [5.74, 6) is 0. The molecule has 3 aromatic rings. The summed E-state index contributed by atoms with van der Waals surface area (Å²) in [6, 6.07) is 23.2. The Morgan fingerprint density at radius 2 is 1.33 bits per heavy atom. The average Bonchev–Trinajstić information content (AvgIpc) is 2.85. The van der Waals surface area contributed by atoms with Crippen LogP contribution in [-0.4, -0.2) is 35.8 Å². The highest BCUT2D eigenvalue weighted by Gasteiger charge is 2.15. The molecule has 0 fully saturated rings. The van der Waals surface area contributed by atoms with Gasteiger partial charge in [-0.05, 0) is 60.7 Å². The predicted molar refractivity (Wildman–Crippen MR) is 157 cm³/mol. The minimum Gasteiger partial charge on any atom is -1.00 e. The normalized spacial score (nSPS) is 11.2. The molecule has 1 aliphatic carbocycles. The Kier molecular flexibility index (Phi) is 12.5. The first-order valence-corrected chi connectivity index (χ1v) is 15.1. The first-order chi connectivity index (χ1) is 19.2. The van der Waals surface area contributed by atoms with Crippen LogP contribution in [0.15, 0.2) is 82.6 Å². The maximum absolute atomic E-state index is 8.63. The number of hydrogen-bond donors (Lipinski definition) is 6. The molecule has 6 rings (SSSR count). The van der Waals surface area contributed by atoms with Crippen LogP contribution >= 0.6 is 23.1 Å². The molecule has 224 valence electrons. The second-order valence-corrected chi connectivity index (χ2v) is 11.5. The van der Waals surface area contributed by atoms with E-state index in [4.69, 9.17) is 53.4 Å². The van der Waals surface area contributed by atoms with Crippen molar-refractivity contribution in [3.63, 3.8) is 0 Å². The van der Waals surface area contributed by atoms with Gasteiger partial charge in [0.2, 0.25) is 10.4 Å². The van der Waals surface area contributed by atoms with E-state index < -0.39 is 21.8 Å². The third-order valence-electron chi connectivity index (χ3n) is 4.93. The van der Waals surface area contributed by atoms with E-state index in [1.807, 2.05) is 72.8 Å². The summed E-state index contributed by atoms with van der Waals surface area (Å²) in [5.41, 5.74) is 23.7. The molecule has 2 heterocycles. The third-order valence-corrected chi connectivity index (χ3v) is 7.14. The zero-order chi connectivity index (χ0) is 30.3. The minimum absolute atomic E-state index is 0. The number of nitrogens with two attached hydrogens (primary N) is 4. The quantitative estimate of drug-likeness (QED) is 0.0361. The lowest BCUT2D eigenvalue weighted by Gasteiger charge is -2.21. The number of hydrogen-bond acceptors (Lipinski definition) is 13. The zero-order valence-electron chi connectivity index (χ0n) is 21.1. The standard InChI is InChI=1S/C12H11N3S.C12H9N3S.ClH.H2O4S.H2O3S/c2*13-7-1-3-9-11(5-7)16-12-6-8(14)2-4-10(12)15-9;;1-5(2,3)4;1-4(2)3/h1-6,15H,13-14H2;1-6,13H,14H2;1H;(H2,1,2,3,4);(H2,1,2,3)/p-3. The van der Waals surface area contributed by atoms with Gasteiger partial charge in [0, 0.05) is 39.0 Å². The van der Waals surface area contributed by atoms with Crippen molar-refractivity contribution in [2.24, 2.45) is 0 Å². The Labute approximate surface area is 257 Å². The highest BCUT2D eigenvalue weighted by Crippen LogP contribution is 2.45. The van der Waals surface area contributed by atoms with Gasteiger partial charge >= 0.3 is 0 Å². The van der Waals surface area contributed by atoms with Crippen LogP contribution in [0.1, 0.15) is 0 Å². The van der Waals surface area contributed by atoms with Crippen molar-refractivity contribution in [3.05, 3.63) is 78.2 Å². The number of nitrogen functional groups attached to an aromatic ring is 3. The fraction of sp³-hybridized carbons (Fsp3) is 0. The lowest BCUT2D eigenvalue weighted by atomic mass is 10.2. The zero-order valence-corrected chi connectivity index (χ0v) is 25.1. The van der Waals surface area contributed by atoms with Crippen molar-refractivity contribution in [1.82, 2.24) is 4.98 Å². The van der Waals surface area contributed by atoms with Crippen LogP contribution in [0.4, 0.5) is 28.4 Å². The molecule has 13 nitrogen and oxygen atoms in total. The fourth-order valence-corrected chi connectivity index (χ4v) is 5.52. The van der Waals surface area contributed by atoms with Gasteiger partial charge in [0.25, 0.3) is 0 Å². The van der Waals surface area contributed by atoms with Crippen LogP contribution < -0.4 is 45.7 Å². The molecule has 0 atom stereocenters. The van der Waals surface area contributed by atoms with Crippen LogP contribution in [-0.2, 0) is 21.8 Å². The van der Waals surface area contributed by atoms with E-state index in [2.05, 4.69) is 10.3 Å². The first-order valence-electron chi connectivity index (χ1n) is 11.1. The van der Waals surface area contributed by atoms with E-state index in [-0.39, 0.29) is 12.4 Å². The van der Waals surface area contributed by atoms with Gasteiger partial charge in [-0.3, -0.25) is 14.2 Å². The van der Waals surface area contributed by atoms with E-state index in [0.717, 1.165) is 64.4 Å². The lowest BCUT2D eigenvalue weighted by Crippen LogP contribution is -3.00. The van der Waals surface area contributed by atoms with Gasteiger partial charge in [-0.15, -0.1) is 22.7 Å². The van der Waals surface area contributed by atoms with Gasteiger partial charge in [-0.2, -0.15) is 0 Å². The lowest BCUT2D eigenvalue weighted by molar-refractivity contribution is -0.172. The monoisotopic (exact) mass is 669 g/mol. The van der Waals surface area contributed by atoms with Crippen LogP contribution in [0.2, 0.25) is 0 Å². The van der Waals surface area contributed by atoms with E-state index in [9.17, 15) is 0 Å². The molecule has 3 aliphatic rings. The molecule has 0 saturated heterocycles. The number of fused-ring (bicyclic) bond motifs is 4. The van der Waals surface area contributed by atoms with Crippen LogP contribution in [0.5, 0.6) is 0 Å². The van der Waals surface area contributed by atoms with Gasteiger partial charge in [0.1, 0.15) is 0 Å². The summed E-state index contributed by atoms with van der Waals surface area (Å²) in [5, 5.41) is 9.87. The van der Waals surface area contributed by atoms with E-state index in [1.54, 1.807) is 23.1 Å². The number of nitrogens with zero attached hydrogens (tertiary/aromatic N) is 1. The maximum atomic E-state index is 8.63. The molecule has 2 aliphatic heterocycles. The number of anilines is 5. The Bertz CT molecular complexity index is 1800. The highest BCUT2D eigenvalue weighted by molar-refractivity contribution is 7.99. The number of halogens is 1. The smallest absolute Gasteiger partial charge is 0.215 e. The molecule has 0 unspecified atom stereocenters. The molecule has 0 bridgehead atoms. The van der Waals surface area contributed by atoms with Gasteiger partial charge in [-0.1, -0.05) is 11.8 Å². The molecule has 0 saturated carbocycles. The molecular formula is C24H22ClN6O7S4-3. The summed E-state index contributed by atoms with van der Waals surface area (Å²) in [6.07, 6.45) is 0. The number of rotatable bonds is 0. The van der Waals surface area contributed by atoms with Crippen molar-refractivity contribution in [3.8, 4) is 10.6 Å². The van der Waals surface area contributed by atoms with E-state index >= 15 is 0 Å². The van der Waals surface area contributed by atoms with Gasteiger partial charge in [0.05, 0.1) is 32.2 Å². The second-order valence-electron chi connectivity index (χ2n) is 8.04. The molecule has 10 N–H and O–H groups in total. The Morgan fingerprint density at radius 1 is 0.857 bits per heavy atom. The Hall–Kier alpha value is -3.52. The Morgan fingerprint density at radius 3 is 1.86 bits per heavy atom. The van der Waals surface area contributed by atoms with E-state index in [0.29, 0.717) is 0 Å². The predicted octanol–water partition coefficient (Wildman–Crippen LogP) is -1.29. The van der Waals surface area contributed by atoms with Crippen molar-refractivity contribution >= 4 is 83.5 Å². The summed E-state index contributed by atoms with van der Waals surface area (Å²) in [6.45, 7) is 0. The maximum Gasteiger partial charge on any atom is 0.215 e. The van der Waals surface area contributed by atoms with Crippen molar-refractivity contribution in [2.75, 3.05) is 22.5 Å². The average molecular weight is 670 g/mol. The third kappa shape index (κ3) is 11.0. The summed E-state index contributed by atoms with van der Waals surface area (Å²) >= 11 is 0.234. The van der Waals surface area contributed by atoms with Crippen molar-refractivity contribution in [2.45, 2.75) is 9.79 Å². The number of aromatic nitrogens is 1. The molecule has 3 aromatic carbocycles.